The lowest BCUT2D eigenvalue weighted by atomic mass is 10.0. The number of nitrogens with zero attached hydrogens (tertiary/aromatic N) is 2. The van der Waals surface area contributed by atoms with E-state index in [9.17, 15) is 19.2 Å². The molecule has 0 aliphatic heterocycles. The minimum Gasteiger partial charge on any atom is -0.354 e. The summed E-state index contributed by atoms with van der Waals surface area (Å²) in [6.45, 7) is 12.5. The van der Waals surface area contributed by atoms with E-state index in [2.05, 4.69) is 20.6 Å². The summed E-state index contributed by atoms with van der Waals surface area (Å²) in [6.07, 6.45) is 1.73. The Labute approximate surface area is 188 Å². The molecule has 0 aliphatic rings. The van der Waals surface area contributed by atoms with Crippen molar-refractivity contribution in [3.8, 4) is 0 Å². The van der Waals surface area contributed by atoms with E-state index in [-0.39, 0.29) is 53.3 Å². The van der Waals surface area contributed by atoms with Gasteiger partial charge in [0.15, 0.2) is 5.65 Å². The number of rotatable bonds is 10. The standard InChI is InChI=1S/C23H35N5O4/c1-7-8-15(6)20(29)24-9-10-25-21(30)16-11-17(14(4)5)26-19-18(16)22(31)27-23(32)28(19)12-13(2)3/h11,13-15H,7-10,12H2,1-6H3,(H,24,29)(H,25,30)(H,27,31,32). The van der Waals surface area contributed by atoms with E-state index in [4.69, 9.17) is 0 Å². The van der Waals surface area contributed by atoms with Crippen LogP contribution in [0.25, 0.3) is 11.0 Å². The molecular weight excluding hydrogens is 410 g/mol. The summed E-state index contributed by atoms with van der Waals surface area (Å²) in [7, 11) is 0. The molecule has 0 saturated carbocycles. The molecule has 2 rings (SSSR count). The maximum absolute atomic E-state index is 13.0. The van der Waals surface area contributed by atoms with Gasteiger partial charge in [-0.1, -0.05) is 48.0 Å². The molecule has 0 fully saturated rings. The lowest BCUT2D eigenvalue weighted by Crippen LogP contribution is -2.38. The number of amides is 2. The molecule has 0 radical (unpaired) electrons. The molecule has 2 amide bonds. The van der Waals surface area contributed by atoms with Crippen LogP contribution in [0, 0.1) is 11.8 Å². The highest BCUT2D eigenvalue weighted by Crippen LogP contribution is 2.20. The highest BCUT2D eigenvalue weighted by atomic mass is 16.2. The number of carbonyl (C=O) groups excluding carboxylic acids is 2. The van der Waals surface area contributed by atoms with Crippen LogP contribution in [-0.4, -0.2) is 39.4 Å². The van der Waals surface area contributed by atoms with Gasteiger partial charge in [0.25, 0.3) is 11.5 Å². The van der Waals surface area contributed by atoms with Crippen LogP contribution < -0.4 is 21.9 Å². The minimum absolute atomic E-state index is 0.00724. The fraction of sp³-hybridized carbons (Fsp3) is 0.609. The Morgan fingerprint density at radius 3 is 2.34 bits per heavy atom. The molecule has 2 aromatic rings. The van der Waals surface area contributed by atoms with E-state index < -0.39 is 17.2 Å². The zero-order chi connectivity index (χ0) is 24.0. The Bertz CT molecular complexity index is 1080. The summed E-state index contributed by atoms with van der Waals surface area (Å²) >= 11 is 0. The number of H-pyrrole nitrogens is 1. The lowest BCUT2D eigenvalue weighted by Gasteiger charge is -2.16. The first-order chi connectivity index (χ1) is 15.1. The van der Waals surface area contributed by atoms with Crippen molar-refractivity contribution in [3.63, 3.8) is 0 Å². The predicted octanol–water partition coefficient (Wildman–Crippen LogP) is 2.15. The molecule has 0 bridgehead atoms. The van der Waals surface area contributed by atoms with Crippen LogP contribution in [0.4, 0.5) is 0 Å². The second-order valence-electron chi connectivity index (χ2n) is 8.95. The molecule has 1 unspecified atom stereocenters. The van der Waals surface area contributed by atoms with Crippen LogP contribution in [0.5, 0.6) is 0 Å². The molecular formula is C23H35N5O4. The zero-order valence-corrected chi connectivity index (χ0v) is 19.9. The quantitative estimate of drug-likeness (QED) is 0.483. The second-order valence-corrected chi connectivity index (χ2v) is 8.95. The van der Waals surface area contributed by atoms with Gasteiger partial charge in [0.1, 0.15) is 0 Å². The van der Waals surface area contributed by atoms with E-state index in [0.29, 0.717) is 12.2 Å². The number of pyridine rings is 1. The van der Waals surface area contributed by atoms with Crippen LogP contribution >= 0.6 is 0 Å². The lowest BCUT2D eigenvalue weighted by molar-refractivity contribution is -0.124. The molecule has 176 valence electrons. The van der Waals surface area contributed by atoms with Crippen LogP contribution in [0.3, 0.4) is 0 Å². The van der Waals surface area contributed by atoms with Gasteiger partial charge in [-0.05, 0) is 24.3 Å². The van der Waals surface area contributed by atoms with Gasteiger partial charge in [-0.15, -0.1) is 0 Å². The van der Waals surface area contributed by atoms with Crippen molar-refractivity contribution in [3.05, 3.63) is 38.2 Å². The fourth-order valence-corrected chi connectivity index (χ4v) is 3.50. The van der Waals surface area contributed by atoms with Crippen molar-refractivity contribution in [2.75, 3.05) is 13.1 Å². The van der Waals surface area contributed by atoms with Crippen LogP contribution in [0.1, 0.15) is 76.4 Å². The topological polar surface area (TPSA) is 126 Å². The summed E-state index contributed by atoms with van der Waals surface area (Å²) < 4.78 is 1.42. The van der Waals surface area contributed by atoms with Gasteiger partial charge < -0.3 is 10.6 Å². The van der Waals surface area contributed by atoms with Gasteiger partial charge in [0.05, 0.1) is 10.9 Å². The molecule has 32 heavy (non-hydrogen) atoms. The Balaban J connectivity index is 2.36. The number of hydrogen-bond donors (Lipinski definition) is 3. The van der Waals surface area contributed by atoms with Gasteiger partial charge >= 0.3 is 5.69 Å². The molecule has 1 atom stereocenters. The van der Waals surface area contributed by atoms with Crippen molar-refractivity contribution in [2.24, 2.45) is 11.8 Å². The molecule has 0 saturated heterocycles. The number of aromatic nitrogens is 3. The average molecular weight is 446 g/mol. The van der Waals surface area contributed by atoms with Crippen molar-refractivity contribution < 1.29 is 9.59 Å². The van der Waals surface area contributed by atoms with Gasteiger partial charge in [0, 0.05) is 31.2 Å². The van der Waals surface area contributed by atoms with Crippen LogP contribution in [-0.2, 0) is 11.3 Å². The van der Waals surface area contributed by atoms with Crippen LogP contribution in [0.15, 0.2) is 15.7 Å². The molecule has 2 heterocycles. The molecule has 9 nitrogen and oxygen atoms in total. The van der Waals surface area contributed by atoms with Gasteiger partial charge in [0.2, 0.25) is 5.91 Å². The van der Waals surface area contributed by atoms with E-state index in [1.54, 1.807) is 6.07 Å². The summed E-state index contributed by atoms with van der Waals surface area (Å²) in [4.78, 5) is 57.0. The summed E-state index contributed by atoms with van der Waals surface area (Å²) in [5.41, 5.74) is -0.181. The maximum atomic E-state index is 13.0. The zero-order valence-electron chi connectivity index (χ0n) is 19.9. The molecule has 9 heteroatoms. The number of aromatic amines is 1. The third kappa shape index (κ3) is 6.05. The van der Waals surface area contributed by atoms with Gasteiger partial charge in [-0.2, -0.15) is 0 Å². The average Bonchev–Trinajstić information content (AvgIpc) is 2.72. The third-order valence-electron chi connectivity index (χ3n) is 5.23. The summed E-state index contributed by atoms with van der Waals surface area (Å²) in [6, 6.07) is 1.60. The van der Waals surface area contributed by atoms with Crippen LogP contribution in [0.2, 0.25) is 0 Å². The SMILES string of the molecule is CCCC(C)C(=O)NCCNC(=O)c1cc(C(C)C)nc2c1c(=O)[nH]c(=O)n2CC(C)C. The van der Waals surface area contributed by atoms with Gasteiger partial charge in [-0.25, -0.2) is 9.78 Å². The first-order valence-corrected chi connectivity index (χ1v) is 11.3. The van der Waals surface area contributed by atoms with Crippen molar-refractivity contribution in [1.82, 2.24) is 25.2 Å². The van der Waals surface area contributed by atoms with Gasteiger partial charge in [-0.3, -0.25) is 23.9 Å². The monoisotopic (exact) mass is 445 g/mol. The Hall–Kier alpha value is -2.97. The molecule has 0 aliphatic carbocycles. The van der Waals surface area contributed by atoms with Crippen molar-refractivity contribution >= 4 is 22.8 Å². The number of carbonyl (C=O) groups is 2. The largest absolute Gasteiger partial charge is 0.354 e. The highest BCUT2D eigenvalue weighted by Gasteiger charge is 2.21. The molecule has 3 N–H and O–H groups in total. The summed E-state index contributed by atoms with van der Waals surface area (Å²) in [5, 5.41) is 5.67. The van der Waals surface area contributed by atoms with E-state index in [1.165, 1.54) is 4.57 Å². The van der Waals surface area contributed by atoms with E-state index >= 15 is 0 Å². The minimum atomic E-state index is -0.639. The first-order valence-electron chi connectivity index (χ1n) is 11.3. The Morgan fingerprint density at radius 2 is 1.75 bits per heavy atom. The first kappa shape index (κ1) is 25.3. The van der Waals surface area contributed by atoms with Crippen molar-refractivity contribution in [1.29, 1.82) is 0 Å². The third-order valence-corrected chi connectivity index (χ3v) is 5.23. The van der Waals surface area contributed by atoms with E-state index in [0.717, 1.165) is 12.8 Å². The number of hydrogen-bond acceptors (Lipinski definition) is 5. The molecule has 0 aromatic carbocycles. The van der Waals surface area contributed by atoms with Crippen molar-refractivity contribution in [2.45, 2.75) is 66.8 Å². The molecule has 2 aromatic heterocycles. The Morgan fingerprint density at radius 1 is 1.09 bits per heavy atom. The second kappa shape index (κ2) is 11.1. The smallest absolute Gasteiger partial charge is 0.330 e. The summed E-state index contributed by atoms with van der Waals surface area (Å²) in [5.74, 6) is -0.443. The fourth-order valence-electron chi connectivity index (χ4n) is 3.50. The Kier molecular flexibility index (Phi) is 8.74. The number of fused-ring (bicyclic) bond motifs is 1. The number of nitrogens with one attached hydrogen (secondary N) is 3. The van der Waals surface area contributed by atoms with E-state index in [1.807, 2.05) is 41.5 Å². The maximum Gasteiger partial charge on any atom is 0.330 e. The molecule has 0 spiro atoms. The highest BCUT2D eigenvalue weighted by molar-refractivity contribution is 6.05. The predicted molar refractivity (Wildman–Crippen MR) is 125 cm³/mol. The normalized spacial score (nSPS) is 12.4.